The number of nitrogens with one attached hydrogen (secondary N) is 1. The van der Waals surface area contributed by atoms with Gasteiger partial charge in [0.1, 0.15) is 11.2 Å². The monoisotopic (exact) mass is 297 g/mol. The van der Waals surface area contributed by atoms with Crippen molar-refractivity contribution < 1.29 is 23.8 Å². The number of nitrogens with zero attached hydrogens (tertiary/aromatic N) is 2. The average molecular weight is 297 g/mol. The van der Waals surface area contributed by atoms with Gasteiger partial charge in [0.05, 0.1) is 24.7 Å². The lowest BCUT2D eigenvalue weighted by molar-refractivity contribution is -0.151. The number of rotatable bonds is 4. The maximum atomic E-state index is 13.0. The Kier molecular flexibility index (Phi) is 4.37. The summed E-state index contributed by atoms with van der Waals surface area (Å²) in [5, 5.41) is 11.8. The van der Waals surface area contributed by atoms with Crippen molar-refractivity contribution in [3.8, 4) is 0 Å². The zero-order valence-electron chi connectivity index (χ0n) is 11.5. The van der Waals surface area contributed by atoms with Gasteiger partial charge in [-0.3, -0.25) is 9.78 Å². The maximum Gasteiger partial charge on any atom is 0.321 e. The van der Waals surface area contributed by atoms with E-state index in [9.17, 15) is 19.1 Å². The molecule has 1 aliphatic heterocycles. The second-order valence-corrected chi connectivity index (χ2v) is 5.01. The number of amides is 2. The molecule has 21 heavy (non-hydrogen) atoms. The van der Waals surface area contributed by atoms with Crippen LogP contribution in [0, 0.1) is 11.2 Å². The fourth-order valence-electron chi connectivity index (χ4n) is 2.36. The standard InChI is InChI=1S/C13H16FN3O4/c1-21-8-13(11(18)19)2-3-17(7-13)12(20)16-10-4-9(14)5-15-6-10/h4-6H,2-3,7-8H2,1H3,(H,16,20)(H,18,19). The van der Waals surface area contributed by atoms with Crippen LogP contribution in [-0.4, -0.2) is 53.8 Å². The Balaban J connectivity index is 2.03. The first kappa shape index (κ1) is 15.2. The number of carbonyl (C=O) groups excluding carboxylic acids is 1. The Hall–Kier alpha value is -2.22. The molecule has 2 N–H and O–H groups in total. The first-order valence-electron chi connectivity index (χ1n) is 6.36. The molecule has 114 valence electrons. The minimum Gasteiger partial charge on any atom is -0.481 e. The minimum atomic E-state index is -1.09. The van der Waals surface area contributed by atoms with Gasteiger partial charge in [0.15, 0.2) is 0 Å². The summed E-state index contributed by atoms with van der Waals surface area (Å²) in [6, 6.07) is 0.655. The summed E-state index contributed by atoms with van der Waals surface area (Å²) >= 11 is 0. The van der Waals surface area contributed by atoms with E-state index in [4.69, 9.17) is 4.74 Å². The highest BCUT2D eigenvalue weighted by Gasteiger charge is 2.46. The van der Waals surface area contributed by atoms with Gasteiger partial charge in [0, 0.05) is 26.3 Å². The van der Waals surface area contributed by atoms with Crippen LogP contribution in [0.4, 0.5) is 14.9 Å². The first-order chi connectivity index (χ1) is 9.97. The molecule has 1 atom stereocenters. The van der Waals surface area contributed by atoms with E-state index in [0.717, 1.165) is 12.3 Å². The van der Waals surface area contributed by atoms with Gasteiger partial charge in [-0.1, -0.05) is 0 Å². The van der Waals surface area contributed by atoms with Crippen LogP contribution in [0.2, 0.25) is 0 Å². The van der Waals surface area contributed by atoms with E-state index in [1.807, 2.05) is 0 Å². The number of carboxylic acid groups (broad SMARTS) is 1. The second kappa shape index (κ2) is 6.04. The maximum absolute atomic E-state index is 13.0. The minimum absolute atomic E-state index is 0.0354. The van der Waals surface area contributed by atoms with Gasteiger partial charge in [-0.05, 0) is 6.42 Å². The fraction of sp³-hybridized carbons (Fsp3) is 0.462. The largest absolute Gasteiger partial charge is 0.481 e. The molecule has 1 fully saturated rings. The number of ether oxygens (including phenoxy) is 1. The summed E-state index contributed by atoms with van der Waals surface area (Å²) in [6.07, 6.45) is 2.65. The smallest absolute Gasteiger partial charge is 0.321 e. The van der Waals surface area contributed by atoms with Crippen LogP contribution in [0.1, 0.15) is 6.42 Å². The van der Waals surface area contributed by atoms with Crippen LogP contribution >= 0.6 is 0 Å². The third kappa shape index (κ3) is 3.27. The van der Waals surface area contributed by atoms with E-state index in [2.05, 4.69) is 10.3 Å². The van der Waals surface area contributed by atoms with Crippen LogP contribution in [0.25, 0.3) is 0 Å². The highest BCUT2D eigenvalue weighted by Crippen LogP contribution is 2.31. The molecule has 2 heterocycles. The molecule has 2 amide bonds. The Morgan fingerprint density at radius 3 is 2.95 bits per heavy atom. The number of aliphatic carboxylic acids is 1. The molecule has 1 unspecified atom stereocenters. The first-order valence-corrected chi connectivity index (χ1v) is 6.36. The molecule has 1 aromatic heterocycles. The number of urea groups is 1. The summed E-state index contributed by atoms with van der Waals surface area (Å²) in [6.45, 7) is 0.378. The molecular formula is C13H16FN3O4. The number of anilines is 1. The molecule has 0 saturated carbocycles. The zero-order chi connectivity index (χ0) is 15.5. The van der Waals surface area contributed by atoms with Crippen LogP contribution in [-0.2, 0) is 9.53 Å². The molecule has 1 saturated heterocycles. The van der Waals surface area contributed by atoms with Gasteiger partial charge in [0.2, 0.25) is 0 Å². The number of pyridine rings is 1. The van der Waals surface area contributed by atoms with Crippen LogP contribution < -0.4 is 5.32 Å². The summed E-state index contributed by atoms with van der Waals surface area (Å²) in [5.41, 5.74) is -0.869. The molecule has 0 radical (unpaired) electrons. The average Bonchev–Trinajstić information content (AvgIpc) is 2.85. The molecule has 2 rings (SSSR count). The summed E-state index contributed by atoms with van der Waals surface area (Å²) < 4.78 is 18.0. The van der Waals surface area contributed by atoms with Gasteiger partial charge in [-0.2, -0.15) is 0 Å². The third-order valence-electron chi connectivity index (χ3n) is 3.47. The van der Waals surface area contributed by atoms with Crippen LogP contribution in [0.5, 0.6) is 0 Å². The quantitative estimate of drug-likeness (QED) is 0.870. The van der Waals surface area contributed by atoms with E-state index in [1.54, 1.807) is 0 Å². The number of aromatic nitrogens is 1. The van der Waals surface area contributed by atoms with Crippen molar-refractivity contribution in [1.29, 1.82) is 0 Å². The molecular weight excluding hydrogens is 281 g/mol. The Labute approximate surface area is 120 Å². The van der Waals surface area contributed by atoms with Gasteiger partial charge in [-0.15, -0.1) is 0 Å². The summed E-state index contributed by atoms with van der Waals surface area (Å²) in [7, 11) is 1.42. The van der Waals surface area contributed by atoms with Crippen molar-refractivity contribution in [3.63, 3.8) is 0 Å². The topological polar surface area (TPSA) is 91.8 Å². The molecule has 1 aromatic rings. The number of carboxylic acids is 1. The lowest BCUT2D eigenvalue weighted by Crippen LogP contribution is -2.41. The molecule has 8 heteroatoms. The Morgan fingerprint density at radius 1 is 1.57 bits per heavy atom. The van der Waals surface area contributed by atoms with Gasteiger partial charge in [-0.25, -0.2) is 9.18 Å². The van der Waals surface area contributed by atoms with Crippen molar-refractivity contribution in [3.05, 3.63) is 24.3 Å². The van der Waals surface area contributed by atoms with E-state index in [-0.39, 0.29) is 18.8 Å². The van der Waals surface area contributed by atoms with E-state index >= 15 is 0 Å². The number of carbonyl (C=O) groups is 2. The molecule has 1 aliphatic rings. The number of hydrogen-bond acceptors (Lipinski definition) is 4. The van der Waals surface area contributed by atoms with Crippen molar-refractivity contribution >= 4 is 17.7 Å². The van der Waals surface area contributed by atoms with Crippen molar-refractivity contribution in [2.75, 3.05) is 32.1 Å². The third-order valence-corrected chi connectivity index (χ3v) is 3.47. The predicted molar refractivity (Wildman–Crippen MR) is 71.3 cm³/mol. The highest BCUT2D eigenvalue weighted by atomic mass is 19.1. The Bertz CT molecular complexity index is 554. The Morgan fingerprint density at radius 2 is 2.33 bits per heavy atom. The fourth-order valence-corrected chi connectivity index (χ4v) is 2.36. The summed E-state index contributed by atoms with van der Waals surface area (Å²) in [4.78, 5) is 28.5. The van der Waals surface area contributed by atoms with E-state index in [1.165, 1.54) is 18.2 Å². The molecule has 0 spiro atoms. The second-order valence-electron chi connectivity index (χ2n) is 5.01. The van der Waals surface area contributed by atoms with Gasteiger partial charge >= 0.3 is 12.0 Å². The van der Waals surface area contributed by atoms with Crippen LogP contribution in [0.15, 0.2) is 18.5 Å². The molecule has 0 bridgehead atoms. The summed E-state index contributed by atoms with van der Waals surface area (Å²) in [5.74, 6) is -1.56. The number of halogens is 1. The van der Waals surface area contributed by atoms with E-state index < -0.39 is 23.2 Å². The number of hydrogen-bond donors (Lipinski definition) is 2. The van der Waals surface area contributed by atoms with Crippen molar-refractivity contribution in [2.45, 2.75) is 6.42 Å². The van der Waals surface area contributed by atoms with Crippen molar-refractivity contribution in [2.24, 2.45) is 5.41 Å². The SMILES string of the molecule is COCC1(C(=O)O)CCN(C(=O)Nc2cncc(F)c2)C1. The van der Waals surface area contributed by atoms with Gasteiger partial charge < -0.3 is 20.1 Å². The lowest BCUT2D eigenvalue weighted by Gasteiger charge is -2.23. The van der Waals surface area contributed by atoms with E-state index in [0.29, 0.717) is 13.0 Å². The van der Waals surface area contributed by atoms with Gasteiger partial charge in [0.25, 0.3) is 0 Å². The molecule has 0 aromatic carbocycles. The van der Waals surface area contributed by atoms with Crippen LogP contribution in [0.3, 0.4) is 0 Å². The number of likely N-dealkylation sites (tertiary alicyclic amines) is 1. The molecule has 7 nitrogen and oxygen atoms in total. The lowest BCUT2D eigenvalue weighted by atomic mass is 9.88. The molecule has 0 aliphatic carbocycles. The normalized spacial score (nSPS) is 21.3. The predicted octanol–water partition coefficient (Wildman–Crippen LogP) is 1.18. The number of methoxy groups -OCH3 is 1. The highest BCUT2D eigenvalue weighted by molar-refractivity contribution is 5.90. The zero-order valence-corrected chi connectivity index (χ0v) is 11.5. The van der Waals surface area contributed by atoms with Crippen molar-refractivity contribution in [1.82, 2.24) is 9.88 Å².